The molecule has 3 aromatic rings. The van der Waals surface area contributed by atoms with Crippen molar-refractivity contribution in [3.63, 3.8) is 0 Å². The van der Waals surface area contributed by atoms with Crippen molar-refractivity contribution in [2.45, 2.75) is 31.4 Å². The third kappa shape index (κ3) is 4.06. The molecule has 138 valence electrons. The second kappa shape index (κ2) is 7.72. The van der Waals surface area contributed by atoms with E-state index < -0.39 is 0 Å². The van der Waals surface area contributed by atoms with Crippen molar-refractivity contribution in [1.29, 1.82) is 0 Å². The summed E-state index contributed by atoms with van der Waals surface area (Å²) in [6.07, 6.45) is 9.00. The van der Waals surface area contributed by atoms with Gasteiger partial charge in [0.1, 0.15) is 0 Å². The fourth-order valence-corrected chi connectivity index (χ4v) is 3.53. The third-order valence-electron chi connectivity index (χ3n) is 5.12. The molecule has 1 fully saturated rings. The van der Waals surface area contributed by atoms with Crippen LogP contribution in [-0.2, 0) is 6.42 Å². The summed E-state index contributed by atoms with van der Waals surface area (Å²) < 4.78 is 1.73. The molecule has 0 saturated heterocycles. The van der Waals surface area contributed by atoms with Crippen LogP contribution in [0.5, 0.6) is 0 Å². The van der Waals surface area contributed by atoms with Crippen molar-refractivity contribution < 1.29 is 9.90 Å². The van der Waals surface area contributed by atoms with E-state index in [2.05, 4.69) is 15.4 Å². The molecule has 6 nitrogen and oxygen atoms in total. The molecule has 1 aliphatic carbocycles. The van der Waals surface area contributed by atoms with Gasteiger partial charge in [0.25, 0.3) is 5.91 Å². The number of hydrogen-bond acceptors (Lipinski definition) is 4. The zero-order chi connectivity index (χ0) is 18.6. The van der Waals surface area contributed by atoms with E-state index in [4.69, 9.17) is 0 Å². The largest absolute Gasteiger partial charge is 0.393 e. The van der Waals surface area contributed by atoms with Gasteiger partial charge in [-0.3, -0.25) is 9.78 Å². The van der Waals surface area contributed by atoms with Crippen molar-refractivity contribution in [3.05, 3.63) is 78.4 Å². The molecule has 0 aliphatic heterocycles. The first-order valence-electron chi connectivity index (χ1n) is 9.17. The van der Waals surface area contributed by atoms with Gasteiger partial charge in [-0.1, -0.05) is 6.07 Å². The van der Waals surface area contributed by atoms with Crippen LogP contribution in [0.2, 0.25) is 0 Å². The maximum absolute atomic E-state index is 12.9. The summed E-state index contributed by atoms with van der Waals surface area (Å²) >= 11 is 0. The topological polar surface area (TPSA) is 80.0 Å². The molecule has 0 radical (unpaired) electrons. The van der Waals surface area contributed by atoms with E-state index in [9.17, 15) is 9.90 Å². The van der Waals surface area contributed by atoms with Gasteiger partial charge in [0, 0.05) is 36.4 Å². The number of aliphatic hydroxyl groups is 1. The van der Waals surface area contributed by atoms with Gasteiger partial charge in [-0.2, -0.15) is 5.10 Å². The van der Waals surface area contributed by atoms with Gasteiger partial charge < -0.3 is 10.4 Å². The molecule has 1 amide bonds. The Balaban J connectivity index is 1.50. The van der Waals surface area contributed by atoms with Crippen LogP contribution in [0.15, 0.2) is 67.3 Å². The second-order valence-electron chi connectivity index (χ2n) is 7.03. The fourth-order valence-electron chi connectivity index (χ4n) is 3.53. The molecule has 2 aromatic heterocycles. The summed E-state index contributed by atoms with van der Waals surface area (Å²) in [5.41, 5.74) is 2.57. The van der Waals surface area contributed by atoms with E-state index in [1.807, 2.05) is 42.6 Å². The lowest BCUT2D eigenvalue weighted by atomic mass is 9.75. The monoisotopic (exact) mass is 362 g/mol. The number of carbonyl (C=O) groups excluding carboxylic acids is 1. The lowest BCUT2D eigenvalue weighted by molar-refractivity contribution is 0.0239. The number of aliphatic hydroxyl groups excluding tert-OH is 1. The number of carbonyl (C=O) groups is 1. The van der Waals surface area contributed by atoms with Crippen molar-refractivity contribution in [3.8, 4) is 5.69 Å². The maximum Gasteiger partial charge on any atom is 0.251 e. The predicted octanol–water partition coefficient (Wildman–Crippen LogP) is 2.38. The van der Waals surface area contributed by atoms with E-state index >= 15 is 0 Å². The van der Waals surface area contributed by atoms with E-state index in [0.29, 0.717) is 5.56 Å². The molecule has 1 atom stereocenters. The zero-order valence-corrected chi connectivity index (χ0v) is 14.9. The minimum absolute atomic E-state index is 0.0170. The predicted molar refractivity (Wildman–Crippen MR) is 101 cm³/mol. The number of nitrogens with zero attached hydrogens (tertiary/aromatic N) is 3. The van der Waals surface area contributed by atoms with Crippen LogP contribution in [0.1, 0.15) is 28.8 Å². The summed E-state index contributed by atoms with van der Waals surface area (Å²) in [6, 6.07) is 13.2. The SMILES string of the molecule is O=C(N[C@@H](Cc1ccncc1)C1CC(O)C1)c1cccc(-n2cccn2)c1. The number of benzene rings is 1. The van der Waals surface area contributed by atoms with Crippen LogP contribution < -0.4 is 5.32 Å². The molecular formula is C21H22N4O2. The number of rotatable bonds is 6. The minimum atomic E-state index is -0.255. The molecule has 1 saturated carbocycles. The Labute approximate surface area is 157 Å². The van der Waals surface area contributed by atoms with Crippen LogP contribution in [-0.4, -0.2) is 37.9 Å². The lowest BCUT2D eigenvalue weighted by Crippen LogP contribution is -2.48. The Morgan fingerprint density at radius 2 is 2.00 bits per heavy atom. The Hall–Kier alpha value is -2.99. The number of aromatic nitrogens is 3. The lowest BCUT2D eigenvalue weighted by Gasteiger charge is -2.38. The second-order valence-corrected chi connectivity index (χ2v) is 7.03. The van der Waals surface area contributed by atoms with Crippen molar-refractivity contribution in [2.75, 3.05) is 0 Å². The standard InChI is InChI=1S/C21H22N4O2/c26-19-13-17(14-19)20(11-15-5-8-22-9-6-15)24-21(27)16-3-1-4-18(12-16)25-10-2-7-23-25/h1-10,12,17,19-20,26H,11,13-14H2,(H,24,27)/t17?,19?,20-/m0/s1. The van der Waals surface area contributed by atoms with Crippen LogP contribution in [0.4, 0.5) is 0 Å². The van der Waals surface area contributed by atoms with Crippen LogP contribution in [0.3, 0.4) is 0 Å². The number of amides is 1. The van der Waals surface area contributed by atoms with Crippen molar-refractivity contribution in [2.24, 2.45) is 5.92 Å². The number of nitrogens with one attached hydrogen (secondary N) is 1. The quantitative estimate of drug-likeness (QED) is 0.706. The molecule has 4 rings (SSSR count). The summed E-state index contributed by atoms with van der Waals surface area (Å²) in [4.78, 5) is 16.9. The summed E-state index contributed by atoms with van der Waals surface area (Å²) in [7, 11) is 0. The maximum atomic E-state index is 12.9. The molecule has 2 heterocycles. The Morgan fingerprint density at radius 3 is 2.70 bits per heavy atom. The van der Waals surface area contributed by atoms with Crippen molar-refractivity contribution >= 4 is 5.91 Å². The molecule has 0 unspecified atom stereocenters. The van der Waals surface area contributed by atoms with Gasteiger partial charge in [-0.15, -0.1) is 0 Å². The highest BCUT2D eigenvalue weighted by molar-refractivity contribution is 5.95. The highest BCUT2D eigenvalue weighted by Crippen LogP contribution is 2.32. The van der Waals surface area contributed by atoms with Gasteiger partial charge in [-0.25, -0.2) is 4.68 Å². The van der Waals surface area contributed by atoms with E-state index in [-0.39, 0.29) is 24.0 Å². The molecule has 6 heteroatoms. The minimum Gasteiger partial charge on any atom is -0.393 e. The normalized spacial score (nSPS) is 19.9. The molecular weight excluding hydrogens is 340 g/mol. The van der Waals surface area contributed by atoms with Gasteiger partial charge in [0.2, 0.25) is 0 Å². The first-order chi connectivity index (χ1) is 13.2. The Morgan fingerprint density at radius 1 is 1.19 bits per heavy atom. The van der Waals surface area contributed by atoms with Crippen LogP contribution in [0, 0.1) is 5.92 Å². The fraction of sp³-hybridized carbons (Fsp3) is 0.286. The van der Waals surface area contributed by atoms with Crippen LogP contribution in [0.25, 0.3) is 5.69 Å². The van der Waals surface area contributed by atoms with Gasteiger partial charge >= 0.3 is 0 Å². The van der Waals surface area contributed by atoms with Gasteiger partial charge in [0.15, 0.2) is 0 Å². The van der Waals surface area contributed by atoms with E-state index in [1.54, 1.807) is 29.3 Å². The summed E-state index contributed by atoms with van der Waals surface area (Å²) in [5, 5.41) is 17.1. The molecule has 0 spiro atoms. The molecule has 2 N–H and O–H groups in total. The Kier molecular flexibility index (Phi) is 4.98. The molecule has 1 aromatic carbocycles. The average Bonchev–Trinajstić information content (AvgIpc) is 3.21. The molecule has 0 bridgehead atoms. The smallest absolute Gasteiger partial charge is 0.251 e. The Bertz CT molecular complexity index is 890. The number of pyridine rings is 1. The summed E-state index contributed by atoms with van der Waals surface area (Å²) in [5.74, 6) is 0.177. The highest BCUT2D eigenvalue weighted by Gasteiger charge is 2.34. The first-order valence-corrected chi connectivity index (χ1v) is 9.17. The van der Waals surface area contributed by atoms with E-state index in [0.717, 1.165) is 30.5 Å². The van der Waals surface area contributed by atoms with Crippen LogP contribution >= 0.6 is 0 Å². The molecule has 27 heavy (non-hydrogen) atoms. The van der Waals surface area contributed by atoms with Crippen molar-refractivity contribution in [1.82, 2.24) is 20.1 Å². The average molecular weight is 362 g/mol. The van der Waals surface area contributed by atoms with E-state index in [1.165, 1.54) is 0 Å². The third-order valence-corrected chi connectivity index (χ3v) is 5.12. The highest BCUT2D eigenvalue weighted by atomic mass is 16.3. The summed E-state index contributed by atoms with van der Waals surface area (Å²) in [6.45, 7) is 0. The van der Waals surface area contributed by atoms with Gasteiger partial charge in [-0.05, 0) is 67.1 Å². The van der Waals surface area contributed by atoms with Gasteiger partial charge in [0.05, 0.1) is 11.8 Å². The first kappa shape index (κ1) is 17.4. The molecule has 1 aliphatic rings. The zero-order valence-electron chi connectivity index (χ0n) is 14.9. The number of hydrogen-bond donors (Lipinski definition) is 2.